The number of rotatable bonds is 4. The monoisotopic (exact) mass is 265 g/mol. The molecule has 0 aliphatic rings. The molecule has 6 heteroatoms. The van der Waals surface area contributed by atoms with Gasteiger partial charge in [0.05, 0.1) is 11.7 Å². The minimum absolute atomic E-state index is 0.0242. The van der Waals surface area contributed by atoms with Crippen LogP contribution in [0.3, 0.4) is 0 Å². The number of hydrogen-bond donors (Lipinski definition) is 1. The Labute approximate surface area is 111 Å². The van der Waals surface area contributed by atoms with Gasteiger partial charge in [-0.25, -0.2) is 0 Å². The standard InChI is InChI=1S/C12H19N5S/c1-5-10-15-16-11(18-10)13-6-9-7-14-17(8-9)12(2,3)4/h7-8H,5-6H2,1-4H3,(H,13,16). The van der Waals surface area contributed by atoms with Crippen LogP contribution in [-0.2, 0) is 18.5 Å². The minimum Gasteiger partial charge on any atom is -0.356 e. The van der Waals surface area contributed by atoms with Crippen LogP contribution in [0.25, 0.3) is 0 Å². The summed E-state index contributed by atoms with van der Waals surface area (Å²) in [6.07, 6.45) is 4.89. The third-order valence-corrected chi connectivity index (χ3v) is 3.56. The van der Waals surface area contributed by atoms with E-state index in [9.17, 15) is 0 Å². The molecule has 0 radical (unpaired) electrons. The Bertz CT molecular complexity index is 509. The predicted molar refractivity (Wildman–Crippen MR) is 73.8 cm³/mol. The lowest BCUT2D eigenvalue weighted by molar-refractivity contribution is 0.355. The van der Waals surface area contributed by atoms with Crippen molar-refractivity contribution in [1.82, 2.24) is 20.0 Å². The van der Waals surface area contributed by atoms with E-state index in [1.807, 2.05) is 10.9 Å². The van der Waals surface area contributed by atoms with Crippen LogP contribution in [-0.4, -0.2) is 20.0 Å². The van der Waals surface area contributed by atoms with Gasteiger partial charge in [0.2, 0.25) is 5.13 Å². The molecular weight excluding hydrogens is 246 g/mol. The van der Waals surface area contributed by atoms with E-state index < -0.39 is 0 Å². The molecule has 0 amide bonds. The van der Waals surface area contributed by atoms with Crippen molar-refractivity contribution < 1.29 is 0 Å². The first-order valence-electron chi connectivity index (χ1n) is 6.09. The first kappa shape index (κ1) is 13.0. The third kappa shape index (κ3) is 3.07. The maximum atomic E-state index is 4.37. The molecule has 0 saturated heterocycles. The summed E-state index contributed by atoms with van der Waals surface area (Å²) < 4.78 is 1.97. The van der Waals surface area contributed by atoms with E-state index in [2.05, 4.69) is 54.5 Å². The van der Waals surface area contributed by atoms with Gasteiger partial charge in [-0.05, 0) is 27.2 Å². The molecule has 2 heterocycles. The summed E-state index contributed by atoms with van der Waals surface area (Å²) in [4.78, 5) is 0. The lowest BCUT2D eigenvalue weighted by atomic mass is 10.1. The lowest BCUT2D eigenvalue weighted by Crippen LogP contribution is -2.21. The van der Waals surface area contributed by atoms with Crippen LogP contribution < -0.4 is 5.32 Å². The van der Waals surface area contributed by atoms with Gasteiger partial charge in [0.25, 0.3) is 0 Å². The van der Waals surface area contributed by atoms with Gasteiger partial charge in [0.1, 0.15) is 5.01 Å². The molecule has 0 bridgehead atoms. The second-order valence-electron chi connectivity index (χ2n) is 5.17. The van der Waals surface area contributed by atoms with E-state index in [0.29, 0.717) is 0 Å². The number of anilines is 1. The molecule has 0 fully saturated rings. The molecule has 0 aliphatic heterocycles. The molecule has 0 aromatic carbocycles. The zero-order valence-electron chi connectivity index (χ0n) is 11.3. The highest BCUT2D eigenvalue weighted by Gasteiger charge is 2.13. The van der Waals surface area contributed by atoms with Crippen LogP contribution in [0.1, 0.15) is 38.3 Å². The fourth-order valence-corrected chi connectivity index (χ4v) is 2.14. The van der Waals surface area contributed by atoms with Crippen molar-refractivity contribution in [2.24, 2.45) is 0 Å². The molecule has 0 aliphatic carbocycles. The lowest BCUT2D eigenvalue weighted by Gasteiger charge is -2.18. The van der Waals surface area contributed by atoms with Gasteiger partial charge in [-0.3, -0.25) is 4.68 Å². The van der Waals surface area contributed by atoms with Crippen molar-refractivity contribution in [3.63, 3.8) is 0 Å². The van der Waals surface area contributed by atoms with E-state index in [4.69, 9.17) is 0 Å². The van der Waals surface area contributed by atoms with Crippen LogP contribution in [0.5, 0.6) is 0 Å². The molecule has 0 saturated carbocycles. The Balaban J connectivity index is 1.96. The van der Waals surface area contributed by atoms with Gasteiger partial charge in [-0.2, -0.15) is 5.10 Å². The SMILES string of the molecule is CCc1nnc(NCc2cnn(C(C)(C)C)c2)s1. The Morgan fingerprint density at radius 3 is 2.67 bits per heavy atom. The van der Waals surface area contributed by atoms with E-state index in [0.717, 1.165) is 28.7 Å². The largest absolute Gasteiger partial charge is 0.356 e. The van der Waals surface area contributed by atoms with Crippen molar-refractivity contribution in [3.8, 4) is 0 Å². The second kappa shape index (κ2) is 5.06. The Morgan fingerprint density at radius 2 is 2.11 bits per heavy atom. The van der Waals surface area contributed by atoms with Crippen LogP contribution >= 0.6 is 11.3 Å². The van der Waals surface area contributed by atoms with Crippen molar-refractivity contribution in [2.75, 3.05) is 5.32 Å². The van der Waals surface area contributed by atoms with Gasteiger partial charge in [0, 0.05) is 18.3 Å². The number of aryl methyl sites for hydroxylation is 1. The zero-order chi connectivity index (χ0) is 13.2. The normalized spacial score (nSPS) is 11.8. The van der Waals surface area contributed by atoms with Crippen LogP contribution in [0.2, 0.25) is 0 Å². The van der Waals surface area contributed by atoms with E-state index in [1.165, 1.54) is 0 Å². The van der Waals surface area contributed by atoms with Crippen LogP contribution in [0, 0.1) is 0 Å². The Hall–Kier alpha value is -1.43. The number of nitrogens with one attached hydrogen (secondary N) is 1. The molecule has 5 nitrogen and oxygen atoms in total. The second-order valence-corrected chi connectivity index (χ2v) is 6.23. The Morgan fingerprint density at radius 1 is 1.33 bits per heavy atom. The van der Waals surface area contributed by atoms with Crippen molar-refractivity contribution >= 4 is 16.5 Å². The first-order valence-corrected chi connectivity index (χ1v) is 6.91. The van der Waals surface area contributed by atoms with E-state index >= 15 is 0 Å². The molecule has 18 heavy (non-hydrogen) atoms. The number of nitrogens with zero attached hydrogens (tertiary/aromatic N) is 4. The highest BCUT2D eigenvalue weighted by atomic mass is 32.1. The van der Waals surface area contributed by atoms with Gasteiger partial charge in [0.15, 0.2) is 0 Å². The van der Waals surface area contributed by atoms with Gasteiger partial charge in [-0.15, -0.1) is 10.2 Å². The first-order chi connectivity index (χ1) is 8.49. The summed E-state index contributed by atoms with van der Waals surface area (Å²) in [7, 11) is 0. The van der Waals surface area contributed by atoms with Crippen LogP contribution in [0.15, 0.2) is 12.4 Å². The zero-order valence-corrected chi connectivity index (χ0v) is 12.1. The van der Waals surface area contributed by atoms with Gasteiger partial charge in [-0.1, -0.05) is 18.3 Å². The molecule has 2 rings (SSSR count). The minimum atomic E-state index is 0.0242. The average molecular weight is 265 g/mol. The van der Waals surface area contributed by atoms with Crippen molar-refractivity contribution in [1.29, 1.82) is 0 Å². The summed E-state index contributed by atoms with van der Waals surface area (Å²) in [5.41, 5.74) is 1.18. The molecule has 2 aromatic rings. The quantitative estimate of drug-likeness (QED) is 0.923. The van der Waals surface area contributed by atoms with E-state index in [1.54, 1.807) is 11.3 Å². The van der Waals surface area contributed by atoms with Crippen LogP contribution in [0.4, 0.5) is 5.13 Å². The summed E-state index contributed by atoms with van der Waals surface area (Å²) in [5.74, 6) is 0. The molecule has 0 spiro atoms. The Kier molecular flexibility index (Phi) is 3.65. The smallest absolute Gasteiger partial charge is 0.205 e. The highest BCUT2D eigenvalue weighted by Crippen LogP contribution is 2.17. The maximum Gasteiger partial charge on any atom is 0.205 e. The van der Waals surface area contributed by atoms with Gasteiger partial charge >= 0.3 is 0 Å². The fourth-order valence-electron chi connectivity index (χ4n) is 1.46. The highest BCUT2D eigenvalue weighted by molar-refractivity contribution is 7.15. The summed E-state index contributed by atoms with van der Waals surface area (Å²) in [5, 5.41) is 17.7. The molecular formula is C12H19N5S. The van der Waals surface area contributed by atoms with E-state index in [-0.39, 0.29) is 5.54 Å². The molecule has 2 aromatic heterocycles. The number of hydrogen-bond acceptors (Lipinski definition) is 5. The predicted octanol–water partition coefficient (Wildman–Crippen LogP) is 2.66. The molecule has 0 atom stereocenters. The van der Waals surface area contributed by atoms with Gasteiger partial charge < -0.3 is 5.32 Å². The molecule has 98 valence electrons. The average Bonchev–Trinajstić information content (AvgIpc) is 2.94. The molecule has 0 unspecified atom stereocenters. The summed E-state index contributed by atoms with van der Waals surface area (Å²) in [6, 6.07) is 0. The van der Waals surface area contributed by atoms with Crippen molar-refractivity contribution in [2.45, 2.75) is 46.2 Å². The molecule has 1 N–H and O–H groups in total. The third-order valence-electron chi connectivity index (χ3n) is 2.54. The maximum absolute atomic E-state index is 4.37. The topological polar surface area (TPSA) is 55.6 Å². The summed E-state index contributed by atoms with van der Waals surface area (Å²) in [6.45, 7) is 9.21. The number of aromatic nitrogens is 4. The summed E-state index contributed by atoms with van der Waals surface area (Å²) >= 11 is 1.60. The van der Waals surface area contributed by atoms with Crippen molar-refractivity contribution in [3.05, 3.63) is 23.0 Å². The fraction of sp³-hybridized carbons (Fsp3) is 0.583.